The number of primary amides is 1. The first-order valence-corrected chi connectivity index (χ1v) is 7.86. The molecule has 0 aliphatic carbocycles. The van der Waals surface area contributed by atoms with Gasteiger partial charge in [-0.2, -0.15) is 0 Å². The number of likely N-dealkylation sites (tertiary alicyclic amines) is 1. The maximum Gasteiger partial charge on any atom is 0.303 e. The molecule has 2 N–H and O–H groups in total. The number of anilines is 1. The number of terminal acetylenes is 1. The number of hydrogen-bond acceptors (Lipinski definition) is 4. The Labute approximate surface area is 146 Å². The molecule has 0 spiro atoms. The molecule has 0 aromatic heterocycles. The van der Waals surface area contributed by atoms with Gasteiger partial charge in [0.1, 0.15) is 11.3 Å². The predicted octanol–water partition coefficient (Wildman–Crippen LogP) is 1.26. The number of nitrogens with two attached hydrogens (primary N) is 1. The van der Waals surface area contributed by atoms with Crippen LogP contribution in [0.5, 0.6) is 5.75 Å². The minimum atomic E-state index is -1.17. The van der Waals surface area contributed by atoms with Crippen LogP contribution in [0.3, 0.4) is 0 Å². The predicted molar refractivity (Wildman–Crippen MR) is 93.0 cm³/mol. The molecule has 2 amide bonds. The highest BCUT2D eigenvalue weighted by atomic mass is 35.5. The van der Waals surface area contributed by atoms with Crippen LogP contribution in [-0.4, -0.2) is 49.5 Å². The van der Waals surface area contributed by atoms with Crippen LogP contribution in [0, 0.1) is 12.3 Å². The lowest BCUT2D eigenvalue weighted by atomic mass is 9.84. The first kappa shape index (κ1) is 18.1. The van der Waals surface area contributed by atoms with E-state index in [9.17, 15) is 9.59 Å². The van der Waals surface area contributed by atoms with Crippen molar-refractivity contribution in [1.82, 2.24) is 4.90 Å². The molecule has 24 heavy (non-hydrogen) atoms. The Hall–Kier alpha value is -2.23. The lowest BCUT2D eigenvalue weighted by Gasteiger charge is -2.45. The molecule has 0 saturated carbocycles. The van der Waals surface area contributed by atoms with Crippen molar-refractivity contribution < 1.29 is 14.3 Å². The fourth-order valence-electron chi connectivity index (χ4n) is 2.99. The van der Waals surface area contributed by atoms with E-state index < -0.39 is 17.4 Å². The van der Waals surface area contributed by atoms with E-state index >= 15 is 0 Å². The largest absolute Gasteiger partial charge is 0.495 e. The van der Waals surface area contributed by atoms with Gasteiger partial charge in [-0.15, -0.1) is 6.42 Å². The van der Waals surface area contributed by atoms with Gasteiger partial charge in [0.2, 0.25) is 5.91 Å². The number of carbonyl (C=O) groups excluding carboxylic acids is 2. The molecule has 7 heteroatoms. The number of nitrogens with zero attached hydrogens (tertiary/aromatic N) is 2. The number of halogens is 1. The normalized spacial score (nSPS) is 16.9. The molecule has 0 bridgehead atoms. The second-order valence-electron chi connectivity index (χ2n) is 5.80. The van der Waals surface area contributed by atoms with Crippen LogP contribution in [0.2, 0.25) is 5.02 Å². The second kappa shape index (κ2) is 7.12. The van der Waals surface area contributed by atoms with Gasteiger partial charge in [-0.25, -0.2) is 0 Å². The second-order valence-corrected chi connectivity index (χ2v) is 6.21. The molecule has 1 aliphatic rings. The number of methoxy groups -OCH3 is 1. The third kappa shape index (κ3) is 3.18. The highest BCUT2D eigenvalue weighted by Crippen LogP contribution is 2.36. The van der Waals surface area contributed by atoms with E-state index in [1.807, 2.05) is 7.05 Å². The summed E-state index contributed by atoms with van der Waals surface area (Å²) in [6.07, 6.45) is 6.13. The molecule has 1 aliphatic heterocycles. The molecule has 0 radical (unpaired) electrons. The van der Waals surface area contributed by atoms with E-state index in [2.05, 4.69) is 10.8 Å². The van der Waals surface area contributed by atoms with Gasteiger partial charge in [-0.1, -0.05) is 11.6 Å². The van der Waals surface area contributed by atoms with Gasteiger partial charge in [0, 0.05) is 18.8 Å². The average Bonchev–Trinajstić information content (AvgIpc) is 2.56. The standard InChI is InChI=1S/C17H20ClN3O3/c1-4-15(22)21(12-5-6-14(24-3)13(18)11-12)17(16(19)23)7-9-20(2)10-8-17/h1,5-6,11H,7-10H2,2-3H3,(H2,19,23). The Balaban J connectivity index is 2.55. The Morgan fingerprint density at radius 1 is 1.42 bits per heavy atom. The number of benzene rings is 1. The molecule has 0 unspecified atom stereocenters. The molecule has 2 rings (SSSR count). The van der Waals surface area contributed by atoms with Crippen LogP contribution in [0.4, 0.5) is 5.69 Å². The number of ether oxygens (including phenoxy) is 1. The number of piperidine rings is 1. The van der Waals surface area contributed by atoms with E-state index in [0.29, 0.717) is 42.4 Å². The minimum absolute atomic E-state index is 0.317. The van der Waals surface area contributed by atoms with Crippen LogP contribution in [-0.2, 0) is 9.59 Å². The quantitative estimate of drug-likeness (QED) is 0.830. The zero-order valence-electron chi connectivity index (χ0n) is 13.7. The molecule has 1 heterocycles. The Kier molecular flexibility index (Phi) is 5.37. The third-order valence-corrected chi connectivity index (χ3v) is 4.72. The van der Waals surface area contributed by atoms with Crippen molar-refractivity contribution in [2.75, 3.05) is 32.1 Å². The Morgan fingerprint density at radius 3 is 2.50 bits per heavy atom. The summed E-state index contributed by atoms with van der Waals surface area (Å²) in [5, 5.41) is 0.317. The van der Waals surface area contributed by atoms with E-state index in [1.165, 1.54) is 12.0 Å². The van der Waals surface area contributed by atoms with Crippen LogP contribution >= 0.6 is 11.6 Å². The Morgan fingerprint density at radius 2 is 2.04 bits per heavy atom. The summed E-state index contributed by atoms with van der Waals surface area (Å²) < 4.78 is 5.12. The summed E-state index contributed by atoms with van der Waals surface area (Å²) in [7, 11) is 3.44. The summed E-state index contributed by atoms with van der Waals surface area (Å²) in [5.41, 5.74) is 4.95. The van der Waals surface area contributed by atoms with Gasteiger partial charge in [-0.05, 0) is 44.0 Å². The molecule has 1 saturated heterocycles. The van der Waals surface area contributed by atoms with Crippen LogP contribution < -0.4 is 15.4 Å². The van der Waals surface area contributed by atoms with Gasteiger partial charge in [0.25, 0.3) is 0 Å². The zero-order chi connectivity index (χ0) is 17.9. The molecule has 0 atom stereocenters. The van der Waals surface area contributed by atoms with Crippen molar-refractivity contribution in [3.63, 3.8) is 0 Å². The van der Waals surface area contributed by atoms with Crippen LogP contribution in [0.15, 0.2) is 18.2 Å². The first-order valence-electron chi connectivity index (χ1n) is 7.48. The molecule has 1 aromatic rings. The molecule has 128 valence electrons. The van der Waals surface area contributed by atoms with Crippen molar-refractivity contribution in [2.45, 2.75) is 18.4 Å². The topological polar surface area (TPSA) is 75.9 Å². The highest BCUT2D eigenvalue weighted by Gasteiger charge is 2.47. The van der Waals surface area contributed by atoms with Crippen molar-refractivity contribution in [1.29, 1.82) is 0 Å². The fourth-order valence-corrected chi connectivity index (χ4v) is 3.24. The number of hydrogen-bond donors (Lipinski definition) is 1. The van der Waals surface area contributed by atoms with Gasteiger partial charge >= 0.3 is 5.91 Å². The van der Waals surface area contributed by atoms with E-state index in [1.54, 1.807) is 18.2 Å². The average molecular weight is 350 g/mol. The fraction of sp³-hybridized carbons (Fsp3) is 0.412. The van der Waals surface area contributed by atoms with Crippen molar-refractivity contribution in [2.24, 2.45) is 5.73 Å². The van der Waals surface area contributed by atoms with Gasteiger partial charge in [0.15, 0.2) is 0 Å². The minimum Gasteiger partial charge on any atom is -0.495 e. The summed E-state index contributed by atoms with van der Waals surface area (Å²) in [4.78, 5) is 28.1. The van der Waals surface area contributed by atoms with Crippen molar-refractivity contribution in [3.8, 4) is 18.1 Å². The summed E-state index contributed by atoms with van der Waals surface area (Å²) in [6, 6.07) is 4.82. The first-order chi connectivity index (χ1) is 11.4. The summed E-state index contributed by atoms with van der Waals surface area (Å²) in [6.45, 7) is 1.25. The van der Waals surface area contributed by atoms with Gasteiger partial charge < -0.3 is 15.4 Å². The maximum atomic E-state index is 12.5. The lowest BCUT2D eigenvalue weighted by Crippen LogP contribution is -2.64. The van der Waals surface area contributed by atoms with Crippen LogP contribution in [0.25, 0.3) is 0 Å². The number of carbonyl (C=O) groups is 2. The van der Waals surface area contributed by atoms with Gasteiger partial charge in [0.05, 0.1) is 12.1 Å². The molecular formula is C17H20ClN3O3. The van der Waals surface area contributed by atoms with E-state index in [0.717, 1.165) is 0 Å². The molecular weight excluding hydrogens is 330 g/mol. The van der Waals surface area contributed by atoms with E-state index in [4.69, 9.17) is 28.5 Å². The molecule has 1 aromatic carbocycles. The monoisotopic (exact) mass is 349 g/mol. The summed E-state index contributed by atoms with van der Waals surface area (Å²) in [5.74, 6) is 1.35. The smallest absolute Gasteiger partial charge is 0.303 e. The maximum absolute atomic E-state index is 12.5. The van der Waals surface area contributed by atoms with E-state index in [-0.39, 0.29) is 0 Å². The Bertz CT molecular complexity index is 691. The summed E-state index contributed by atoms with van der Waals surface area (Å²) >= 11 is 6.17. The van der Waals surface area contributed by atoms with Crippen LogP contribution in [0.1, 0.15) is 12.8 Å². The SMILES string of the molecule is C#CC(=O)N(c1ccc(OC)c(Cl)c1)C1(C(N)=O)CCN(C)CC1. The lowest BCUT2D eigenvalue weighted by molar-refractivity contribution is -0.128. The molecule has 6 nitrogen and oxygen atoms in total. The van der Waals surface area contributed by atoms with Crippen molar-refractivity contribution in [3.05, 3.63) is 23.2 Å². The number of rotatable bonds is 4. The number of amides is 2. The highest BCUT2D eigenvalue weighted by molar-refractivity contribution is 6.32. The van der Waals surface area contributed by atoms with Crippen molar-refractivity contribution >= 4 is 29.1 Å². The third-order valence-electron chi connectivity index (χ3n) is 4.42. The van der Waals surface area contributed by atoms with Gasteiger partial charge in [-0.3, -0.25) is 14.5 Å². The zero-order valence-corrected chi connectivity index (χ0v) is 14.5. The molecule has 1 fully saturated rings.